The van der Waals surface area contributed by atoms with Gasteiger partial charge in [0.15, 0.2) is 9.84 Å². The fourth-order valence-electron chi connectivity index (χ4n) is 2.90. The first kappa shape index (κ1) is 21.9. The number of rotatable bonds is 9. The normalized spacial score (nSPS) is 13.0. The Balaban J connectivity index is 1.93. The van der Waals surface area contributed by atoms with Gasteiger partial charge in [0.2, 0.25) is 10.0 Å². The lowest BCUT2D eigenvalue weighted by molar-refractivity contribution is 0.340. The number of nitrogens with one attached hydrogen (secondary N) is 1. The summed E-state index contributed by atoms with van der Waals surface area (Å²) < 4.78 is 59.7. The average molecular weight is 447 g/mol. The van der Waals surface area contributed by atoms with E-state index >= 15 is 0 Å². The van der Waals surface area contributed by atoms with Crippen LogP contribution in [0.4, 0.5) is 0 Å². The molecule has 30 heavy (non-hydrogen) atoms. The lowest BCUT2D eigenvalue weighted by atomic mass is 10.2. The third-order valence-corrected chi connectivity index (χ3v) is 7.96. The SMILES string of the molecule is CCOc1ccc(S(=O)(=O)C(CNS(=O)(=O)c2ccccc2)c2cccnc2)cc1. The number of pyridine rings is 1. The number of nitrogens with zero attached hydrogens (tertiary/aromatic N) is 1. The van der Waals surface area contributed by atoms with E-state index in [1.54, 1.807) is 42.5 Å². The molecule has 3 aromatic rings. The lowest BCUT2D eigenvalue weighted by Gasteiger charge is -2.19. The Hall–Kier alpha value is -2.75. The van der Waals surface area contributed by atoms with Gasteiger partial charge in [-0.1, -0.05) is 24.3 Å². The Bertz CT molecular complexity index is 1170. The van der Waals surface area contributed by atoms with E-state index in [1.165, 1.54) is 36.7 Å². The maximum atomic E-state index is 13.4. The molecule has 1 atom stereocenters. The topological polar surface area (TPSA) is 102 Å². The summed E-state index contributed by atoms with van der Waals surface area (Å²) in [6, 6.07) is 17.1. The summed E-state index contributed by atoms with van der Waals surface area (Å²) in [4.78, 5) is 4.12. The highest BCUT2D eigenvalue weighted by Gasteiger charge is 2.31. The van der Waals surface area contributed by atoms with E-state index in [2.05, 4.69) is 9.71 Å². The van der Waals surface area contributed by atoms with Gasteiger partial charge in [-0.05, 0) is 55.0 Å². The van der Waals surface area contributed by atoms with E-state index in [0.717, 1.165) is 0 Å². The molecule has 9 heteroatoms. The van der Waals surface area contributed by atoms with Crippen LogP contribution >= 0.6 is 0 Å². The van der Waals surface area contributed by atoms with Gasteiger partial charge in [0.1, 0.15) is 11.0 Å². The van der Waals surface area contributed by atoms with Crippen molar-refractivity contribution in [2.45, 2.75) is 22.0 Å². The smallest absolute Gasteiger partial charge is 0.240 e. The summed E-state index contributed by atoms with van der Waals surface area (Å²) in [5, 5.41) is -1.15. The largest absolute Gasteiger partial charge is 0.494 e. The van der Waals surface area contributed by atoms with Crippen LogP contribution in [0.15, 0.2) is 88.9 Å². The Kier molecular flexibility index (Phi) is 6.86. The van der Waals surface area contributed by atoms with Crippen LogP contribution in [0.1, 0.15) is 17.7 Å². The first-order valence-corrected chi connectivity index (χ1v) is 12.3. The summed E-state index contributed by atoms with van der Waals surface area (Å²) in [5.74, 6) is 0.555. The Labute approximate surface area is 176 Å². The molecule has 0 saturated heterocycles. The van der Waals surface area contributed by atoms with E-state index in [9.17, 15) is 16.8 Å². The third kappa shape index (κ3) is 5.05. The van der Waals surface area contributed by atoms with Gasteiger partial charge in [-0.3, -0.25) is 4.98 Å². The van der Waals surface area contributed by atoms with E-state index in [4.69, 9.17) is 4.74 Å². The minimum absolute atomic E-state index is 0.0633. The predicted octanol–water partition coefficient (Wildman–Crippen LogP) is 2.97. The number of hydrogen-bond donors (Lipinski definition) is 1. The molecule has 1 aromatic heterocycles. The van der Waals surface area contributed by atoms with Gasteiger partial charge in [0.05, 0.1) is 16.4 Å². The van der Waals surface area contributed by atoms with Gasteiger partial charge in [0.25, 0.3) is 0 Å². The molecule has 1 N–H and O–H groups in total. The average Bonchev–Trinajstić information content (AvgIpc) is 2.76. The van der Waals surface area contributed by atoms with Gasteiger partial charge in [-0.15, -0.1) is 0 Å². The highest BCUT2D eigenvalue weighted by molar-refractivity contribution is 7.92. The highest BCUT2D eigenvalue weighted by atomic mass is 32.2. The fraction of sp³-hybridized carbons (Fsp3) is 0.190. The number of ether oxygens (including phenoxy) is 1. The van der Waals surface area contributed by atoms with Crippen molar-refractivity contribution in [3.63, 3.8) is 0 Å². The maximum Gasteiger partial charge on any atom is 0.240 e. The lowest BCUT2D eigenvalue weighted by Crippen LogP contribution is -2.32. The van der Waals surface area contributed by atoms with Crippen LogP contribution in [0.25, 0.3) is 0 Å². The molecule has 0 aliphatic rings. The van der Waals surface area contributed by atoms with Crippen molar-refractivity contribution in [2.75, 3.05) is 13.2 Å². The zero-order valence-electron chi connectivity index (χ0n) is 16.3. The number of aromatic nitrogens is 1. The summed E-state index contributed by atoms with van der Waals surface area (Å²) in [6.07, 6.45) is 2.95. The molecular formula is C21H22N2O5S2. The predicted molar refractivity (Wildman–Crippen MR) is 113 cm³/mol. The van der Waals surface area contributed by atoms with Crippen molar-refractivity contribution in [3.8, 4) is 5.75 Å². The molecule has 0 fully saturated rings. The van der Waals surface area contributed by atoms with E-state index in [0.29, 0.717) is 17.9 Å². The van der Waals surface area contributed by atoms with Crippen molar-refractivity contribution in [1.29, 1.82) is 0 Å². The molecular weight excluding hydrogens is 424 g/mol. The van der Waals surface area contributed by atoms with Crippen molar-refractivity contribution in [3.05, 3.63) is 84.7 Å². The molecule has 2 aromatic carbocycles. The number of benzene rings is 2. The van der Waals surface area contributed by atoms with Crippen LogP contribution in [0.2, 0.25) is 0 Å². The van der Waals surface area contributed by atoms with Gasteiger partial charge in [0, 0.05) is 18.9 Å². The fourth-order valence-corrected chi connectivity index (χ4v) is 5.72. The van der Waals surface area contributed by atoms with Gasteiger partial charge in [-0.25, -0.2) is 21.6 Å². The molecule has 0 aliphatic carbocycles. The van der Waals surface area contributed by atoms with Crippen LogP contribution in [0, 0.1) is 0 Å². The van der Waals surface area contributed by atoms with Crippen LogP contribution in [-0.4, -0.2) is 35.0 Å². The minimum atomic E-state index is -3.91. The summed E-state index contributed by atoms with van der Waals surface area (Å²) in [6.45, 7) is 1.96. The van der Waals surface area contributed by atoms with Gasteiger partial charge < -0.3 is 4.74 Å². The zero-order valence-corrected chi connectivity index (χ0v) is 17.9. The molecule has 1 unspecified atom stereocenters. The Morgan fingerprint density at radius 3 is 2.20 bits per heavy atom. The Morgan fingerprint density at radius 2 is 1.60 bits per heavy atom. The van der Waals surface area contributed by atoms with Crippen LogP contribution in [0.5, 0.6) is 5.75 Å². The van der Waals surface area contributed by atoms with Crippen molar-refractivity contribution in [2.24, 2.45) is 0 Å². The quantitative estimate of drug-likeness (QED) is 0.542. The molecule has 0 radical (unpaired) electrons. The number of sulfonamides is 1. The standard InChI is InChI=1S/C21H22N2O5S2/c1-2-28-18-10-12-19(13-11-18)29(24,25)21(17-7-6-14-22-15-17)16-23-30(26,27)20-8-4-3-5-9-20/h3-15,21,23H,2,16H2,1H3. The molecule has 0 saturated carbocycles. The monoisotopic (exact) mass is 446 g/mol. The number of sulfone groups is 1. The van der Waals surface area contributed by atoms with Crippen LogP contribution in [0.3, 0.4) is 0 Å². The second kappa shape index (κ2) is 9.38. The van der Waals surface area contributed by atoms with Crippen molar-refractivity contribution in [1.82, 2.24) is 9.71 Å². The number of hydrogen-bond acceptors (Lipinski definition) is 6. The zero-order chi connectivity index (χ0) is 21.6. The molecule has 158 valence electrons. The highest BCUT2D eigenvalue weighted by Crippen LogP contribution is 2.29. The Morgan fingerprint density at radius 1 is 0.900 bits per heavy atom. The van der Waals surface area contributed by atoms with E-state index < -0.39 is 25.1 Å². The summed E-state index contributed by atoms with van der Waals surface area (Å²) >= 11 is 0. The first-order valence-electron chi connectivity index (χ1n) is 9.26. The van der Waals surface area contributed by atoms with Crippen LogP contribution in [-0.2, 0) is 19.9 Å². The molecule has 0 amide bonds. The van der Waals surface area contributed by atoms with Crippen molar-refractivity contribution < 1.29 is 21.6 Å². The summed E-state index contributed by atoms with van der Waals surface area (Å²) in [5.41, 5.74) is 0.391. The molecule has 0 bridgehead atoms. The van der Waals surface area contributed by atoms with Crippen molar-refractivity contribution >= 4 is 19.9 Å². The molecule has 0 spiro atoms. The van der Waals surface area contributed by atoms with E-state index in [-0.39, 0.29) is 16.3 Å². The minimum Gasteiger partial charge on any atom is -0.494 e. The first-order chi connectivity index (χ1) is 14.3. The second-order valence-electron chi connectivity index (χ2n) is 6.39. The van der Waals surface area contributed by atoms with Gasteiger partial charge >= 0.3 is 0 Å². The second-order valence-corrected chi connectivity index (χ2v) is 10.3. The molecule has 7 nitrogen and oxygen atoms in total. The molecule has 3 rings (SSSR count). The van der Waals surface area contributed by atoms with Crippen LogP contribution < -0.4 is 9.46 Å². The molecule has 0 aliphatic heterocycles. The molecule has 1 heterocycles. The summed E-state index contributed by atoms with van der Waals surface area (Å²) in [7, 11) is -7.79. The maximum absolute atomic E-state index is 13.4. The third-order valence-electron chi connectivity index (χ3n) is 4.41. The van der Waals surface area contributed by atoms with E-state index in [1.807, 2.05) is 6.92 Å². The van der Waals surface area contributed by atoms with Gasteiger partial charge in [-0.2, -0.15) is 0 Å².